The van der Waals surface area contributed by atoms with Gasteiger partial charge in [-0.15, -0.1) is 0 Å². The van der Waals surface area contributed by atoms with Crippen molar-refractivity contribution >= 4 is 27.5 Å². The fourth-order valence-electron chi connectivity index (χ4n) is 2.36. The van der Waals surface area contributed by atoms with Gasteiger partial charge in [0.25, 0.3) is 5.91 Å². The molecule has 0 aliphatic carbocycles. The highest BCUT2D eigenvalue weighted by Crippen LogP contribution is 2.16. The van der Waals surface area contributed by atoms with E-state index >= 15 is 0 Å². The van der Waals surface area contributed by atoms with E-state index in [1.54, 1.807) is 27.7 Å². The Morgan fingerprint density at radius 1 is 1.36 bits per heavy atom. The van der Waals surface area contributed by atoms with Gasteiger partial charge >= 0.3 is 0 Å². The lowest BCUT2D eigenvalue weighted by molar-refractivity contribution is 0.0934. The van der Waals surface area contributed by atoms with Gasteiger partial charge in [0.05, 0.1) is 16.2 Å². The van der Waals surface area contributed by atoms with E-state index in [4.69, 9.17) is 0 Å². The molecule has 0 bridgehead atoms. The Labute approximate surface area is 135 Å². The molecule has 1 atom stereocenters. The zero-order valence-electron chi connectivity index (χ0n) is 12.4. The molecular weight excluding hydrogens is 348 g/mol. The van der Waals surface area contributed by atoms with E-state index in [9.17, 15) is 4.79 Å². The number of carbonyl (C=O) groups excluding carboxylic acids is 1. The maximum Gasteiger partial charge on any atom is 0.272 e. The molecule has 0 aliphatic rings. The number of nitrogens with one attached hydrogen (secondary N) is 1. The van der Waals surface area contributed by atoms with Crippen LogP contribution in [0.3, 0.4) is 0 Å². The van der Waals surface area contributed by atoms with E-state index in [0.29, 0.717) is 11.3 Å². The SMILES string of the molecule is Cc1nn(C)cc1[C@@H](C)NC(=O)c1cc2ncc(Br)cn2n1. The van der Waals surface area contributed by atoms with Crippen LogP contribution in [0.2, 0.25) is 0 Å². The number of carbonyl (C=O) groups is 1. The Morgan fingerprint density at radius 3 is 2.82 bits per heavy atom. The molecule has 0 radical (unpaired) electrons. The number of rotatable bonds is 3. The highest BCUT2D eigenvalue weighted by Gasteiger charge is 2.17. The van der Waals surface area contributed by atoms with Crippen LogP contribution in [0.15, 0.2) is 29.1 Å². The predicted octanol–water partition coefficient (Wildman–Crippen LogP) is 2.02. The topological polar surface area (TPSA) is 77.1 Å². The third kappa shape index (κ3) is 2.74. The maximum absolute atomic E-state index is 12.3. The number of nitrogens with zero attached hydrogens (tertiary/aromatic N) is 5. The highest BCUT2D eigenvalue weighted by molar-refractivity contribution is 9.10. The molecule has 0 spiro atoms. The van der Waals surface area contributed by atoms with Gasteiger partial charge in [-0.3, -0.25) is 9.48 Å². The van der Waals surface area contributed by atoms with Crippen molar-refractivity contribution in [1.29, 1.82) is 0 Å². The van der Waals surface area contributed by atoms with Crippen molar-refractivity contribution < 1.29 is 4.79 Å². The lowest BCUT2D eigenvalue weighted by atomic mass is 10.1. The molecule has 3 rings (SSSR count). The molecule has 1 N–H and O–H groups in total. The van der Waals surface area contributed by atoms with Crippen molar-refractivity contribution in [1.82, 2.24) is 29.7 Å². The van der Waals surface area contributed by atoms with Gasteiger partial charge in [0.1, 0.15) is 0 Å². The average molecular weight is 363 g/mol. The average Bonchev–Trinajstić information content (AvgIpc) is 3.01. The van der Waals surface area contributed by atoms with Crippen LogP contribution in [0.5, 0.6) is 0 Å². The zero-order chi connectivity index (χ0) is 15.9. The maximum atomic E-state index is 12.3. The number of hydrogen-bond acceptors (Lipinski definition) is 4. The van der Waals surface area contributed by atoms with Crippen LogP contribution < -0.4 is 5.32 Å². The largest absolute Gasteiger partial charge is 0.344 e. The Morgan fingerprint density at radius 2 is 2.14 bits per heavy atom. The van der Waals surface area contributed by atoms with E-state index in [2.05, 4.69) is 36.4 Å². The number of hydrogen-bond donors (Lipinski definition) is 1. The summed E-state index contributed by atoms with van der Waals surface area (Å²) < 4.78 is 4.10. The van der Waals surface area contributed by atoms with Gasteiger partial charge in [0.15, 0.2) is 11.3 Å². The molecule has 3 aromatic heterocycles. The minimum atomic E-state index is -0.239. The van der Waals surface area contributed by atoms with Crippen molar-refractivity contribution in [3.63, 3.8) is 0 Å². The first-order chi connectivity index (χ1) is 10.4. The lowest BCUT2D eigenvalue weighted by Crippen LogP contribution is -2.27. The summed E-state index contributed by atoms with van der Waals surface area (Å²) >= 11 is 3.33. The molecule has 0 saturated carbocycles. The number of aryl methyl sites for hydroxylation is 2. The Hall–Kier alpha value is -2.22. The molecule has 8 heteroatoms. The number of amides is 1. The van der Waals surface area contributed by atoms with Crippen LogP contribution in [-0.2, 0) is 7.05 Å². The second-order valence-corrected chi connectivity index (χ2v) is 6.06. The molecule has 0 aromatic carbocycles. The van der Waals surface area contributed by atoms with Crippen molar-refractivity contribution in [3.05, 3.63) is 46.1 Å². The Bertz CT molecular complexity index is 852. The van der Waals surface area contributed by atoms with Crippen LogP contribution in [0.1, 0.15) is 34.7 Å². The molecule has 22 heavy (non-hydrogen) atoms. The van der Waals surface area contributed by atoms with E-state index in [1.165, 1.54) is 0 Å². The first-order valence-corrected chi connectivity index (χ1v) is 7.55. The van der Waals surface area contributed by atoms with Crippen molar-refractivity contribution in [2.75, 3.05) is 0 Å². The predicted molar refractivity (Wildman–Crippen MR) is 84.5 cm³/mol. The molecule has 3 heterocycles. The van der Waals surface area contributed by atoms with Gasteiger partial charge in [-0.1, -0.05) is 0 Å². The van der Waals surface area contributed by atoms with E-state index < -0.39 is 0 Å². The number of fused-ring (bicyclic) bond motifs is 1. The minimum absolute atomic E-state index is 0.147. The summed E-state index contributed by atoms with van der Waals surface area (Å²) in [7, 11) is 1.86. The zero-order valence-corrected chi connectivity index (χ0v) is 14.0. The summed E-state index contributed by atoms with van der Waals surface area (Å²) in [5.41, 5.74) is 2.84. The van der Waals surface area contributed by atoms with E-state index in [1.807, 2.05) is 27.1 Å². The summed E-state index contributed by atoms with van der Waals surface area (Å²) in [5.74, 6) is -0.239. The fourth-order valence-corrected chi connectivity index (χ4v) is 2.65. The Balaban J connectivity index is 1.82. The standard InChI is InChI=1S/C14H15BrN6O/c1-8(11-7-20(3)18-9(11)2)17-14(22)12-4-13-16-5-10(15)6-21(13)19-12/h4-8H,1-3H3,(H,17,22)/t8-/m1/s1. The van der Waals surface area contributed by atoms with Crippen LogP contribution in [-0.4, -0.2) is 30.3 Å². The molecule has 7 nitrogen and oxygen atoms in total. The monoisotopic (exact) mass is 362 g/mol. The molecule has 0 unspecified atom stereocenters. The normalized spacial score (nSPS) is 12.5. The van der Waals surface area contributed by atoms with Gasteiger partial charge in [0.2, 0.25) is 0 Å². The van der Waals surface area contributed by atoms with Crippen LogP contribution >= 0.6 is 15.9 Å². The van der Waals surface area contributed by atoms with Gasteiger partial charge in [-0.2, -0.15) is 10.2 Å². The molecule has 1 amide bonds. The third-order valence-electron chi connectivity index (χ3n) is 3.38. The van der Waals surface area contributed by atoms with E-state index in [0.717, 1.165) is 15.7 Å². The molecule has 0 aliphatic heterocycles. The van der Waals surface area contributed by atoms with Crippen molar-refractivity contribution in [3.8, 4) is 0 Å². The van der Waals surface area contributed by atoms with Gasteiger partial charge in [-0.25, -0.2) is 9.50 Å². The van der Waals surface area contributed by atoms with Crippen LogP contribution in [0.25, 0.3) is 5.65 Å². The fraction of sp³-hybridized carbons (Fsp3) is 0.286. The summed E-state index contributed by atoms with van der Waals surface area (Å²) in [6.45, 7) is 3.84. The first kappa shape index (κ1) is 14.7. The van der Waals surface area contributed by atoms with Crippen molar-refractivity contribution in [2.24, 2.45) is 7.05 Å². The highest BCUT2D eigenvalue weighted by atomic mass is 79.9. The second-order valence-electron chi connectivity index (χ2n) is 5.14. The second kappa shape index (κ2) is 5.53. The molecule has 114 valence electrons. The van der Waals surface area contributed by atoms with E-state index in [-0.39, 0.29) is 11.9 Å². The smallest absolute Gasteiger partial charge is 0.272 e. The van der Waals surface area contributed by atoms with Gasteiger partial charge in [0, 0.05) is 37.3 Å². The van der Waals surface area contributed by atoms with Gasteiger partial charge in [-0.05, 0) is 29.8 Å². The summed E-state index contributed by atoms with van der Waals surface area (Å²) in [4.78, 5) is 16.5. The third-order valence-corrected chi connectivity index (χ3v) is 3.79. The molecular formula is C14H15BrN6O. The lowest BCUT2D eigenvalue weighted by Gasteiger charge is -2.11. The summed E-state index contributed by atoms with van der Waals surface area (Å²) in [6.07, 6.45) is 5.33. The summed E-state index contributed by atoms with van der Waals surface area (Å²) in [6, 6.07) is 1.51. The summed E-state index contributed by atoms with van der Waals surface area (Å²) in [5, 5.41) is 11.5. The van der Waals surface area contributed by atoms with Crippen LogP contribution in [0, 0.1) is 6.92 Å². The Kier molecular flexibility index (Phi) is 3.69. The minimum Gasteiger partial charge on any atom is -0.344 e. The number of halogens is 1. The van der Waals surface area contributed by atoms with Gasteiger partial charge < -0.3 is 5.32 Å². The quantitative estimate of drug-likeness (QED) is 0.773. The first-order valence-electron chi connectivity index (χ1n) is 6.76. The number of aromatic nitrogens is 5. The van der Waals surface area contributed by atoms with Crippen molar-refractivity contribution in [2.45, 2.75) is 19.9 Å². The molecule has 0 fully saturated rings. The van der Waals surface area contributed by atoms with Crippen LogP contribution in [0.4, 0.5) is 0 Å². The molecule has 0 saturated heterocycles. The molecule has 3 aromatic rings.